The molecule has 2 N–H and O–H groups in total. The van der Waals surface area contributed by atoms with Crippen LogP contribution in [0.15, 0.2) is 67.0 Å². The molecule has 3 aromatic rings. The van der Waals surface area contributed by atoms with Crippen molar-refractivity contribution >= 4 is 6.03 Å². The second kappa shape index (κ2) is 8.89. The molecular weight excluding hydrogens is 340 g/mol. The third-order valence-corrected chi connectivity index (χ3v) is 4.15. The standard InChI is InChI=1S/C21H24N4O2/c1-3-27-20-11-9-18(10-12-20)16(2)24-21(26)22-13-17-14-23-25(15-17)19-7-5-4-6-8-19/h4-12,14-16H,3,13H2,1-2H3,(H2,22,24,26). The fraction of sp³-hybridized carbons (Fsp3) is 0.238. The molecule has 0 saturated carbocycles. The lowest BCUT2D eigenvalue weighted by atomic mass is 10.1. The maximum Gasteiger partial charge on any atom is 0.315 e. The highest BCUT2D eigenvalue weighted by Gasteiger charge is 2.10. The minimum atomic E-state index is -0.219. The van der Waals surface area contributed by atoms with E-state index in [-0.39, 0.29) is 12.1 Å². The average Bonchev–Trinajstić information content (AvgIpc) is 3.17. The van der Waals surface area contributed by atoms with Gasteiger partial charge in [-0.05, 0) is 43.7 Å². The van der Waals surface area contributed by atoms with Crippen molar-refractivity contribution in [3.8, 4) is 11.4 Å². The monoisotopic (exact) mass is 364 g/mol. The van der Waals surface area contributed by atoms with Crippen molar-refractivity contribution in [2.75, 3.05) is 6.61 Å². The summed E-state index contributed by atoms with van der Waals surface area (Å²) in [4.78, 5) is 12.2. The van der Waals surface area contributed by atoms with Crippen LogP contribution in [-0.4, -0.2) is 22.4 Å². The number of hydrogen-bond donors (Lipinski definition) is 2. The smallest absolute Gasteiger partial charge is 0.315 e. The van der Waals surface area contributed by atoms with Crippen molar-refractivity contribution in [1.29, 1.82) is 0 Å². The second-order valence-electron chi connectivity index (χ2n) is 6.18. The molecule has 0 spiro atoms. The molecule has 140 valence electrons. The van der Waals surface area contributed by atoms with Crippen LogP contribution in [0.2, 0.25) is 0 Å². The van der Waals surface area contributed by atoms with Crippen molar-refractivity contribution < 1.29 is 9.53 Å². The van der Waals surface area contributed by atoms with Gasteiger partial charge in [-0.3, -0.25) is 0 Å². The predicted molar refractivity (Wildman–Crippen MR) is 105 cm³/mol. The first kappa shape index (κ1) is 18.5. The fourth-order valence-electron chi connectivity index (χ4n) is 2.71. The number of nitrogens with one attached hydrogen (secondary N) is 2. The van der Waals surface area contributed by atoms with Gasteiger partial charge in [0.15, 0.2) is 0 Å². The highest BCUT2D eigenvalue weighted by Crippen LogP contribution is 2.17. The number of carbonyl (C=O) groups excluding carboxylic acids is 1. The Balaban J connectivity index is 1.50. The minimum Gasteiger partial charge on any atom is -0.494 e. The molecular formula is C21H24N4O2. The van der Waals surface area contributed by atoms with E-state index in [2.05, 4.69) is 15.7 Å². The van der Waals surface area contributed by atoms with Crippen LogP contribution in [0.1, 0.15) is 31.0 Å². The largest absolute Gasteiger partial charge is 0.494 e. The molecule has 27 heavy (non-hydrogen) atoms. The van der Waals surface area contributed by atoms with Gasteiger partial charge in [0.1, 0.15) is 5.75 Å². The van der Waals surface area contributed by atoms with Gasteiger partial charge in [-0.25, -0.2) is 9.48 Å². The molecule has 3 rings (SSSR count). The van der Waals surface area contributed by atoms with Crippen molar-refractivity contribution in [3.05, 3.63) is 78.1 Å². The average molecular weight is 364 g/mol. The van der Waals surface area contributed by atoms with Gasteiger partial charge in [0.25, 0.3) is 0 Å². The quantitative estimate of drug-likeness (QED) is 0.669. The first-order valence-corrected chi connectivity index (χ1v) is 9.02. The van der Waals surface area contributed by atoms with Gasteiger partial charge in [-0.15, -0.1) is 0 Å². The molecule has 1 aromatic heterocycles. The SMILES string of the molecule is CCOc1ccc(C(C)NC(=O)NCc2cnn(-c3ccccc3)c2)cc1. The van der Waals surface area contributed by atoms with E-state index in [0.29, 0.717) is 13.2 Å². The van der Waals surface area contributed by atoms with E-state index >= 15 is 0 Å². The summed E-state index contributed by atoms with van der Waals surface area (Å²) < 4.78 is 7.22. The van der Waals surface area contributed by atoms with E-state index in [1.165, 1.54) is 0 Å². The Hall–Kier alpha value is -3.28. The summed E-state index contributed by atoms with van der Waals surface area (Å²) in [6, 6.07) is 17.3. The Morgan fingerprint density at radius 2 is 1.89 bits per heavy atom. The highest BCUT2D eigenvalue weighted by molar-refractivity contribution is 5.74. The van der Waals surface area contributed by atoms with Crippen molar-refractivity contribution in [3.63, 3.8) is 0 Å². The van der Waals surface area contributed by atoms with Crippen LogP contribution < -0.4 is 15.4 Å². The van der Waals surface area contributed by atoms with Crippen molar-refractivity contribution in [2.24, 2.45) is 0 Å². The topological polar surface area (TPSA) is 68.2 Å². The Kier molecular flexibility index (Phi) is 6.10. The molecule has 2 amide bonds. The molecule has 1 heterocycles. The van der Waals surface area contributed by atoms with Crippen LogP contribution in [0.4, 0.5) is 4.79 Å². The second-order valence-corrected chi connectivity index (χ2v) is 6.18. The summed E-state index contributed by atoms with van der Waals surface area (Å²) in [5.74, 6) is 0.827. The number of urea groups is 1. The number of rotatable bonds is 7. The Morgan fingerprint density at radius 3 is 2.59 bits per heavy atom. The Labute approximate surface area is 159 Å². The molecule has 0 bridgehead atoms. The van der Waals surface area contributed by atoms with Gasteiger partial charge in [0, 0.05) is 18.3 Å². The van der Waals surface area contributed by atoms with Gasteiger partial charge in [-0.1, -0.05) is 30.3 Å². The first-order chi connectivity index (χ1) is 13.2. The van der Waals surface area contributed by atoms with Crippen LogP contribution in [0.3, 0.4) is 0 Å². The van der Waals surface area contributed by atoms with Gasteiger partial charge >= 0.3 is 6.03 Å². The number of ether oxygens (including phenoxy) is 1. The summed E-state index contributed by atoms with van der Waals surface area (Å²) in [5, 5.41) is 10.1. The van der Waals surface area contributed by atoms with Gasteiger partial charge < -0.3 is 15.4 Å². The normalized spacial score (nSPS) is 11.6. The number of amides is 2. The lowest BCUT2D eigenvalue weighted by Gasteiger charge is -2.15. The molecule has 0 aliphatic heterocycles. The molecule has 1 atom stereocenters. The molecule has 0 radical (unpaired) electrons. The van der Waals surface area contributed by atoms with Crippen LogP contribution in [0, 0.1) is 0 Å². The zero-order valence-electron chi connectivity index (χ0n) is 15.6. The number of benzene rings is 2. The van der Waals surface area contributed by atoms with Crippen LogP contribution >= 0.6 is 0 Å². The number of hydrogen-bond acceptors (Lipinski definition) is 3. The van der Waals surface area contributed by atoms with E-state index < -0.39 is 0 Å². The maximum absolute atomic E-state index is 12.2. The lowest BCUT2D eigenvalue weighted by Crippen LogP contribution is -2.36. The summed E-state index contributed by atoms with van der Waals surface area (Å²) in [6.07, 6.45) is 3.66. The molecule has 0 saturated heterocycles. The van der Waals surface area contributed by atoms with E-state index in [4.69, 9.17) is 4.74 Å². The minimum absolute atomic E-state index is 0.104. The first-order valence-electron chi connectivity index (χ1n) is 9.02. The predicted octanol–water partition coefficient (Wildman–Crippen LogP) is 3.83. The highest BCUT2D eigenvalue weighted by atomic mass is 16.5. The zero-order chi connectivity index (χ0) is 19.1. The van der Waals surface area contributed by atoms with Gasteiger partial charge in [0.2, 0.25) is 0 Å². The van der Waals surface area contributed by atoms with Crippen LogP contribution in [0.5, 0.6) is 5.75 Å². The van der Waals surface area contributed by atoms with Crippen molar-refractivity contribution in [1.82, 2.24) is 20.4 Å². The van der Waals surface area contributed by atoms with E-state index in [1.807, 2.05) is 74.6 Å². The van der Waals surface area contributed by atoms with E-state index in [0.717, 1.165) is 22.6 Å². The van der Waals surface area contributed by atoms with Gasteiger partial charge in [-0.2, -0.15) is 5.10 Å². The molecule has 0 aliphatic rings. The van der Waals surface area contributed by atoms with E-state index in [1.54, 1.807) is 10.9 Å². The van der Waals surface area contributed by atoms with Crippen molar-refractivity contribution in [2.45, 2.75) is 26.4 Å². The number of para-hydroxylation sites is 1. The Bertz CT molecular complexity index is 859. The molecule has 0 aliphatic carbocycles. The molecule has 6 heteroatoms. The van der Waals surface area contributed by atoms with Crippen LogP contribution in [-0.2, 0) is 6.54 Å². The summed E-state index contributed by atoms with van der Waals surface area (Å²) in [7, 11) is 0. The molecule has 6 nitrogen and oxygen atoms in total. The number of nitrogens with zero attached hydrogens (tertiary/aromatic N) is 2. The third-order valence-electron chi connectivity index (χ3n) is 4.15. The third kappa shape index (κ3) is 5.10. The molecule has 0 fully saturated rings. The van der Waals surface area contributed by atoms with Crippen LogP contribution in [0.25, 0.3) is 5.69 Å². The zero-order valence-corrected chi connectivity index (χ0v) is 15.6. The number of carbonyl (C=O) groups is 1. The van der Waals surface area contributed by atoms with Gasteiger partial charge in [0.05, 0.1) is 24.5 Å². The number of aromatic nitrogens is 2. The summed E-state index contributed by atoms with van der Waals surface area (Å²) in [5.41, 5.74) is 2.94. The summed E-state index contributed by atoms with van der Waals surface area (Å²) in [6.45, 7) is 4.94. The van der Waals surface area contributed by atoms with E-state index in [9.17, 15) is 4.79 Å². The summed E-state index contributed by atoms with van der Waals surface area (Å²) >= 11 is 0. The fourth-order valence-corrected chi connectivity index (χ4v) is 2.71. The molecule has 1 unspecified atom stereocenters. The molecule has 2 aromatic carbocycles. The maximum atomic E-state index is 12.2. The Morgan fingerprint density at radius 1 is 1.15 bits per heavy atom. The lowest BCUT2D eigenvalue weighted by molar-refractivity contribution is 0.237.